The minimum atomic E-state index is -0.117. The predicted molar refractivity (Wildman–Crippen MR) is 118 cm³/mol. The van der Waals surface area contributed by atoms with Crippen molar-refractivity contribution >= 4 is 17.8 Å². The van der Waals surface area contributed by atoms with Gasteiger partial charge in [-0.25, -0.2) is 0 Å². The molecule has 0 radical (unpaired) electrons. The summed E-state index contributed by atoms with van der Waals surface area (Å²) in [6, 6.07) is 10.3. The van der Waals surface area contributed by atoms with Crippen LogP contribution >= 0.6 is 0 Å². The summed E-state index contributed by atoms with van der Waals surface area (Å²) in [7, 11) is 0. The molecule has 0 N–H and O–H groups in total. The lowest BCUT2D eigenvalue weighted by atomic mass is 9.76. The summed E-state index contributed by atoms with van der Waals surface area (Å²) >= 11 is 0. The molecule has 0 saturated carbocycles. The van der Waals surface area contributed by atoms with Crippen molar-refractivity contribution in [1.82, 2.24) is 9.80 Å². The van der Waals surface area contributed by atoms with Gasteiger partial charge < -0.3 is 9.32 Å². The van der Waals surface area contributed by atoms with Crippen LogP contribution in [0.15, 0.2) is 40.8 Å². The monoisotopic (exact) mass is 406 g/mol. The van der Waals surface area contributed by atoms with Crippen LogP contribution < -0.4 is 0 Å². The van der Waals surface area contributed by atoms with Crippen molar-refractivity contribution in [3.63, 3.8) is 0 Å². The molecule has 5 nitrogen and oxygen atoms in total. The van der Waals surface area contributed by atoms with Gasteiger partial charge in [0.15, 0.2) is 11.5 Å². The van der Waals surface area contributed by atoms with Crippen LogP contribution in [0.3, 0.4) is 0 Å². The van der Waals surface area contributed by atoms with Gasteiger partial charge in [-0.05, 0) is 17.9 Å². The van der Waals surface area contributed by atoms with E-state index in [4.69, 9.17) is 4.42 Å². The van der Waals surface area contributed by atoms with Gasteiger partial charge in [-0.15, -0.1) is 0 Å². The van der Waals surface area contributed by atoms with Crippen molar-refractivity contribution in [2.45, 2.75) is 33.6 Å². The first-order valence-electron chi connectivity index (χ1n) is 10.7. The van der Waals surface area contributed by atoms with Crippen molar-refractivity contribution in [1.29, 1.82) is 0 Å². The summed E-state index contributed by atoms with van der Waals surface area (Å²) in [6.45, 7) is 9.85. The largest absolute Gasteiger partial charge is 0.455 e. The van der Waals surface area contributed by atoms with Gasteiger partial charge in [-0.1, -0.05) is 56.3 Å². The SMILES string of the molecule is Cc1c(C(=O)N2CCN(C/C=C/c3ccccc3)CC2)oc2c1C(=O)CC(C)(C)C2. The van der Waals surface area contributed by atoms with E-state index < -0.39 is 0 Å². The molecule has 1 aromatic heterocycles. The van der Waals surface area contributed by atoms with E-state index in [1.165, 1.54) is 5.56 Å². The molecule has 5 heteroatoms. The van der Waals surface area contributed by atoms with Crippen LogP contribution in [-0.2, 0) is 6.42 Å². The summed E-state index contributed by atoms with van der Waals surface area (Å²) < 4.78 is 5.96. The fourth-order valence-electron chi connectivity index (χ4n) is 4.47. The first-order chi connectivity index (χ1) is 14.3. The number of benzene rings is 1. The van der Waals surface area contributed by atoms with Crippen LogP contribution in [-0.4, -0.2) is 54.2 Å². The lowest BCUT2D eigenvalue weighted by Crippen LogP contribution is -2.48. The highest BCUT2D eigenvalue weighted by Gasteiger charge is 2.38. The van der Waals surface area contributed by atoms with Crippen LogP contribution in [0.4, 0.5) is 0 Å². The number of fused-ring (bicyclic) bond motifs is 1. The van der Waals surface area contributed by atoms with Crippen LogP contribution in [0.1, 0.15) is 58.1 Å². The minimum Gasteiger partial charge on any atom is -0.455 e. The van der Waals surface area contributed by atoms with Gasteiger partial charge in [-0.2, -0.15) is 0 Å². The second kappa shape index (κ2) is 8.23. The maximum Gasteiger partial charge on any atom is 0.289 e. The molecular weight excluding hydrogens is 376 g/mol. The Balaban J connectivity index is 1.37. The molecule has 0 spiro atoms. The van der Waals surface area contributed by atoms with Gasteiger partial charge in [0.25, 0.3) is 5.91 Å². The zero-order valence-corrected chi connectivity index (χ0v) is 18.1. The second-order valence-corrected chi connectivity index (χ2v) is 9.20. The highest BCUT2D eigenvalue weighted by Crippen LogP contribution is 2.38. The van der Waals surface area contributed by atoms with Crippen molar-refractivity contribution < 1.29 is 14.0 Å². The Hall–Kier alpha value is -2.66. The van der Waals surface area contributed by atoms with E-state index in [9.17, 15) is 9.59 Å². The normalized spacial score (nSPS) is 19.3. The lowest BCUT2D eigenvalue weighted by molar-refractivity contribution is 0.0614. The Bertz CT molecular complexity index is 964. The molecule has 0 unspecified atom stereocenters. The zero-order chi connectivity index (χ0) is 21.3. The topological polar surface area (TPSA) is 53.8 Å². The van der Waals surface area contributed by atoms with E-state index in [1.807, 2.05) is 30.0 Å². The van der Waals surface area contributed by atoms with Crippen LogP contribution in [0, 0.1) is 12.3 Å². The number of amides is 1. The molecule has 2 aliphatic rings. The maximum atomic E-state index is 13.1. The molecule has 1 aliphatic carbocycles. The number of piperazine rings is 1. The van der Waals surface area contributed by atoms with Gasteiger partial charge in [-0.3, -0.25) is 14.5 Å². The van der Waals surface area contributed by atoms with Crippen LogP contribution in [0.2, 0.25) is 0 Å². The smallest absolute Gasteiger partial charge is 0.289 e. The number of nitrogens with zero attached hydrogens (tertiary/aromatic N) is 2. The van der Waals surface area contributed by atoms with Gasteiger partial charge in [0.2, 0.25) is 0 Å². The van der Waals surface area contributed by atoms with Crippen LogP contribution in [0.25, 0.3) is 6.08 Å². The quantitative estimate of drug-likeness (QED) is 0.763. The number of carbonyl (C=O) groups is 2. The molecule has 2 aromatic rings. The van der Waals surface area contributed by atoms with Gasteiger partial charge >= 0.3 is 0 Å². The molecule has 1 saturated heterocycles. The Kier molecular flexibility index (Phi) is 5.65. The minimum absolute atomic E-state index is 0.0908. The van der Waals surface area contributed by atoms with E-state index in [0.29, 0.717) is 48.6 Å². The van der Waals surface area contributed by atoms with Gasteiger partial charge in [0, 0.05) is 51.1 Å². The first kappa shape index (κ1) is 20.6. The third-order valence-electron chi connectivity index (χ3n) is 6.10. The van der Waals surface area contributed by atoms with Crippen molar-refractivity contribution in [3.8, 4) is 0 Å². The highest BCUT2D eigenvalue weighted by molar-refractivity contribution is 6.03. The first-order valence-corrected chi connectivity index (χ1v) is 10.7. The molecule has 1 amide bonds. The Labute approximate surface area is 178 Å². The Morgan fingerprint density at radius 1 is 1.10 bits per heavy atom. The summed E-state index contributed by atoms with van der Waals surface area (Å²) in [5, 5.41) is 0. The van der Waals surface area contributed by atoms with E-state index in [2.05, 4.69) is 43.0 Å². The second-order valence-electron chi connectivity index (χ2n) is 9.20. The van der Waals surface area contributed by atoms with E-state index in [1.54, 1.807) is 0 Å². The number of rotatable bonds is 4. The molecule has 4 rings (SSSR count). The number of hydrogen-bond donors (Lipinski definition) is 0. The third kappa shape index (κ3) is 4.26. The highest BCUT2D eigenvalue weighted by atomic mass is 16.4. The van der Waals surface area contributed by atoms with Gasteiger partial charge in [0.05, 0.1) is 5.56 Å². The predicted octanol–water partition coefficient (Wildman–Crippen LogP) is 4.21. The molecule has 1 fully saturated rings. The summed E-state index contributed by atoms with van der Waals surface area (Å²) in [4.78, 5) is 29.9. The summed E-state index contributed by atoms with van der Waals surface area (Å²) in [5.41, 5.74) is 2.43. The fraction of sp³-hybridized carbons (Fsp3) is 0.440. The fourth-order valence-corrected chi connectivity index (χ4v) is 4.47. The van der Waals surface area contributed by atoms with E-state index in [-0.39, 0.29) is 17.1 Å². The zero-order valence-electron chi connectivity index (χ0n) is 18.1. The number of hydrogen-bond acceptors (Lipinski definition) is 4. The molecule has 0 atom stereocenters. The van der Waals surface area contributed by atoms with Crippen molar-refractivity contribution in [3.05, 3.63) is 64.6 Å². The maximum absolute atomic E-state index is 13.1. The average molecular weight is 407 g/mol. The molecule has 1 aliphatic heterocycles. The average Bonchev–Trinajstić information content (AvgIpc) is 3.04. The lowest BCUT2D eigenvalue weighted by Gasteiger charge is -2.33. The molecule has 2 heterocycles. The Morgan fingerprint density at radius 3 is 2.50 bits per heavy atom. The van der Waals surface area contributed by atoms with E-state index in [0.717, 1.165) is 19.6 Å². The number of Topliss-reactive ketones (excluding diaryl/α,β-unsaturated/α-hetero) is 1. The number of ketones is 1. The Morgan fingerprint density at radius 2 is 1.80 bits per heavy atom. The number of furan rings is 1. The molecule has 1 aromatic carbocycles. The molecule has 30 heavy (non-hydrogen) atoms. The molecular formula is C25H30N2O3. The third-order valence-corrected chi connectivity index (χ3v) is 6.10. The standard InChI is InChI=1S/C25H30N2O3/c1-18-22-20(28)16-25(2,3)17-21(22)30-23(18)24(29)27-14-12-26(13-15-27)11-7-10-19-8-5-4-6-9-19/h4-10H,11-17H2,1-3H3/b10-7+. The van der Waals surface area contributed by atoms with Crippen LogP contribution in [0.5, 0.6) is 0 Å². The summed E-state index contributed by atoms with van der Waals surface area (Å²) in [5.74, 6) is 1.04. The van der Waals surface area contributed by atoms with Crippen molar-refractivity contribution in [2.24, 2.45) is 5.41 Å². The molecule has 158 valence electrons. The van der Waals surface area contributed by atoms with E-state index >= 15 is 0 Å². The van der Waals surface area contributed by atoms with Gasteiger partial charge in [0.1, 0.15) is 5.76 Å². The van der Waals surface area contributed by atoms with Crippen molar-refractivity contribution in [2.75, 3.05) is 32.7 Å². The number of carbonyl (C=O) groups excluding carboxylic acids is 2. The molecule has 0 bridgehead atoms. The summed E-state index contributed by atoms with van der Waals surface area (Å²) in [6.07, 6.45) is 5.50.